The average Bonchev–Trinajstić information content (AvgIpc) is 2.47. The van der Waals surface area contributed by atoms with E-state index in [2.05, 4.69) is 48.3 Å². The monoisotopic (exact) mass is 254 g/mol. The summed E-state index contributed by atoms with van der Waals surface area (Å²) in [6.45, 7) is 2.20. The normalized spacial score (nSPS) is 12.3. The molecule has 2 nitrogen and oxygen atoms in total. The molecule has 1 unspecified atom stereocenters. The Morgan fingerprint density at radius 2 is 1.58 bits per heavy atom. The smallest absolute Gasteiger partial charge is 0.0298 e. The fourth-order valence-electron chi connectivity index (χ4n) is 2.26. The molecule has 100 valence electrons. The number of hydrogen-bond acceptors (Lipinski definition) is 2. The van der Waals surface area contributed by atoms with E-state index < -0.39 is 0 Å². The van der Waals surface area contributed by atoms with Gasteiger partial charge in [0.05, 0.1) is 0 Å². The second kappa shape index (κ2) is 7.05. The van der Waals surface area contributed by atoms with Crippen LogP contribution in [0.1, 0.15) is 42.5 Å². The van der Waals surface area contributed by atoms with Crippen molar-refractivity contribution in [1.29, 1.82) is 0 Å². The van der Waals surface area contributed by atoms with Crippen LogP contribution in [0.3, 0.4) is 0 Å². The second-order valence-corrected chi connectivity index (χ2v) is 4.99. The second-order valence-electron chi connectivity index (χ2n) is 4.99. The van der Waals surface area contributed by atoms with Gasteiger partial charge in [-0.1, -0.05) is 37.6 Å². The van der Waals surface area contributed by atoms with Crippen LogP contribution < -0.4 is 5.73 Å². The lowest BCUT2D eigenvalue weighted by atomic mass is 9.98. The van der Waals surface area contributed by atoms with E-state index in [1.54, 1.807) is 0 Å². The summed E-state index contributed by atoms with van der Waals surface area (Å²) in [4.78, 5) is 4.03. The third-order valence-electron chi connectivity index (χ3n) is 3.44. The number of aryl methyl sites for hydroxylation is 2. The Bertz CT molecular complexity index is 476. The molecule has 2 N–H and O–H groups in total. The lowest BCUT2D eigenvalue weighted by Crippen LogP contribution is -2.11. The molecule has 1 aromatic heterocycles. The maximum absolute atomic E-state index is 6.25. The zero-order valence-electron chi connectivity index (χ0n) is 11.5. The topological polar surface area (TPSA) is 38.9 Å². The number of nitrogens with zero attached hydrogens (tertiary/aromatic N) is 1. The summed E-state index contributed by atoms with van der Waals surface area (Å²) in [5.41, 5.74) is 10.2. The highest BCUT2D eigenvalue weighted by molar-refractivity contribution is 5.25. The number of rotatable bonds is 6. The van der Waals surface area contributed by atoms with Gasteiger partial charge in [-0.3, -0.25) is 4.98 Å². The highest BCUT2D eigenvalue weighted by atomic mass is 14.6. The van der Waals surface area contributed by atoms with Gasteiger partial charge in [0, 0.05) is 18.4 Å². The first-order valence-corrected chi connectivity index (χ1v) is 7.03. The number of hydrogen-bond donors (Lipinski definition) is 1. The SMILES string of the molecule is CCCc1ccc(C(N)CCc2ccncc2)cc1. The lowest BCUT2D eigenvalue weighted by Gasteiger charge is -2.12. The van der Waals surface area contributed by atoms with Gasteiger partial charge in [0.25, 0.3) is 0 Å². The van der Waals surface area contributed by atoms with Crippen molar-refractivity contribution in [3.8, 4) is 0 Å². The number of nitrogens with two attached hydrogens (primary N) is 1. The fourth-order valence-corrected chi connectivity index (χ4v) is 2.26. The highest BCUT2D eigenvalue weighted by Crippen LogP contribution is 2.17. The van der Waals surface area contributed by atoms with Gasteiger partial charge in [0.1, 0.15) is 0 Å². The molecule has 1 atom stereocenters. The average molecular weight is 254 g/mol. The van der Waals surface area contributed by atoms with Crippen molar-refractivity contribution in [2.75, 3.05) is 0 Å². The van der Waals surface area contributed by atoms with Crippen LogP contribution in [0.15, 0.2) is 48.8 Å². The zero-order chi connectivity index (χ0) is 13.5. The summed E-state index contributed by atoms with van der Waals surface area (Å²) in [6.07, 6.45) is 7.97. The van der Waals surface area contributed by atoms with Crippen LogP contribution in [-0.4, -0.2) is 4.98 Å². The molecule has 2 rings (SSSR count). The largest absolute Gasteiger partial charge is 0.324 e. The third kappa shape index (κ3) is 4.18. The van der Waals surface area contributed by atoms with Crippen molar-refractivity contribution in [2.45, 2.75) is 38.6 Å². The molecule has 0 bridgehead atoms. The Kier molecular flexibility index (Phi) is 5.10. The van der Waals surface area contributed by atoms with Crippen LogP contribution in [0.25, 0.3) is 0 Å². The molecule has 0 spiro atoms. The molecule has 0 radical (unpaired) electrons. The van der Waals surface area contributed by atoms with Crippen LogP contribution in [0.4, 0.5) is 0 Å². The molecule has 0 amide bonds. The number of pyridine rings is 1. The summed E-state index contributed by atoms with van der Waals surface area (Å²) in [7, 11) is 0. The predicted octanol–water partition coefficient (Wildman–Crippen LogP) is 3.67. The Hall–Kier alpha value is -1.67. The van der Waals surface area contributed by atoms with Gasteiger partial charge in [0.2, 0.25) is 0 Å². The molecule has 0 aliphatic carbocycles. The molecule has 0 saturated heterocycles. The Labute approximate surface area is 115 Å². The first-order chi connectivity index (χ1) is 9.29. The minimum atomic E-state index is 0.115. The molecule has 0 aliphatic heterocycles. The Morgan fingerprint density at radius 1 is 0.947 bits per heavy atom. The molecular formula is C17H22N2. The van der Waals surface area contributed by atoms with Crippen LogP contribution >= 0.6 is 0 Å². The van der Waals surface area contributed by atoms with E-state index in [0.29, 0.717) is 0 Å². The molecule has 1 heterocycles. The van der Waals surface area contributed by atoms with E-state index >= 15 is 0 Å². The molecule has 1 aromatic carbocycles. The zero-order valence-corrected chi connectivity index (χ0v) is 11.5. The first-order valence-electron chi connectivity index (χ1n) is 7.03. The fraction of sp³-hybridized carbons (Fsp3) is 0.353. The molecule has 2 aromatic rings. The van der Waals surface area contributed by atoms with Gasteiger partial charge in [0.15, 0.2) is 0 Å². The van der Waals surface area contributed by atoms with Crippen molar-refractivity contribution in [3.63, 3.8) is 0 Å². The van der Waals surface area contributed by atoms with E-state index in [4.69, 9.17) is 5.73 Å². The molecule has 0 fully saturated rings. The predicted molar refractivity (Wildman–Crippen MR) is 79.9 cm³/mol. The van der Waals surface area contributed by atoms with E-state index in [9.17, 15) is 0 Å². The standard InChI is InChI=1S/C17H22N2/c1-2-3-14-4-7-16(8-5-14)17(18)9-6-15-10-12-19-13-11-15/h4-5,7-8,10-13,17H,2-3,6,9,18H2,1H3. The van der Waals surface area contributed by atoms with Crippen molar-refractivity contribution in [2.24, 2.45) is 5.73 Å². The van der Waals surface area contributed by atoms with Crippen molar-refractivity contribution < 1.29 is 0 Å². The summed E-state index contributed by atoms with van der Waals surface area (Å²) in [5.74, 6) is 0. The van der Waals surface area contributed by atoms with Gasteiger partial charge in [-0.15, -0.1) is 0 Å². The van der Waals surface area contributed by atoms with Gasteiger partial charge in [-0.25, -0.2) is 0 Å². The van der Waals surface area contributed by atoms with Gasteiger partial charge < -0.3 is 5.73 Å². The van der Waals surface area contributed by atoms with Crippen LogP contribution in [0, 0.1) is 0 Å². The summed E-state index contributed by atoms with van der Waals surface area (Å²) < 4.78 is 0. The minimum absolute atomic E-state index is 0.115. The number of aromatic nitrogens is 1. The Balaban J connectivity index is 1.90. The van der Waals surface area contributed by atoms with Gasteiger partial charge in [-0.05, 0) is 48.1 Å². The highest BCUT2D eigenvalue weighted by Gasteiger charge is 2.06. The molecule has 19 heavy (non-hydrogen) atoms. The van der Waals surface area contributed by atoms with E-state index in [1.165, 1.54) is 23.1 Å². The van der Waals surface area contributed by atoms with Crippen molar-refractivity contribution in [1.82, 2.24) is 4.98 Å². The summed E-state index contributed by atoms with van der Waals surface area (Å²) in [6, 6.07) is 13.0. The summed E-state index contributed by atoms with van der Waals surface area (Å²) in [5, 5.41) is 0. The molecular weight excluding hydrogens is 232 g/mol. The molecule has 0 saturated carbocycles. The van der Waals surface area contributed by atoms with Crippen LogP contribution in [0.2, 0.25) is 0 Å². The lowest BCUT2D eigenvalue weighted by molar-refractivity contribution is 0.650. The quantitative estimate of drug-likeness (QED) is 0.854. The van der Waals surface area contributed by atoms with E-state index in [-0.39, 0.29) is 6.04 Å². The van der Waals surface area contributed by atoms with Gasteiger partial charge >= 0.3 is 0 Å². The molecule has 2 heteroatoms. The number of benzene rings is 1. The maximum Gasteiger partial charge on any atom is 0.0298 e. The van der Waals surface area contributed by atoms with Crippen molar-refractivity contribution in [3.05, 3.63) is 65.5 Å². The Morgan fingerprint density at radius 3 is 2.21 bits per heavy atom. The van der Waals surface area contributed by atoms with Gasteiger partial charge in [-0.2, -0.15) is 0 Å². The molecule has 0 aliphatic rings. The van der Waals surface area contributed by atoms with E-state index in [1.807, 2.05) is 12.4 Å². The van der Waals surface area contributed by atoms with E-state index in [0.717, 1.165) is 19.3 Å². The third-order valence-corrected chi connectivity index (χ3v) is 3.44. The van der Waals surface area contributed by atoms with Crippen LogP contribution in [-0.2, 0) is 12.8 Å². The van der Waals surface area contributed by atoms with Crippen molar-refractivity contribution >= 4 is 0 Å². The van der Waals surface area contributed by atoms with Crippen LogP contribution in [0.5, 0.6) is 0 Å². The minimum Gasteiger partial charge on any atom is -0.324 e. The maximum atomic E-state index is 6.25. The summed E-state index contributed by atoms with van der Waals surface area (Å²) >= 11 is 0. The first kappa shape index (κ1) is 13.8.